The lowest BCUT2D eigenvalue weighted by molar-refractivity contribution is 0.538. The van der Waals surface area contributed by atoms with Gasteiger partial charge in [-0.15, -0.1) is 0 Å². The quantitative estimate of drug-likeness (QED) is 0.461. The van der Waals surface area contributed by atoms with Gasteiger partial charge in [0.2, 0.25) is 0 Å². The predicted octanol–water partition coefficient (Wildman–Crippen LogP) is 2.67. The molecular weight excluding hydrogens is 222 g/mol. The Kier molecular flexibility index (Phi) is 5.69. The standard InChI is InChI=1S/C15H25N3/c1-4-5-11-17-14(16)18-12-15(2,3)13-9-7-6-8-10-13/h6-10H,4-5,11-12H2,1-3H3,(H3,16,17,18). The van der Waals surface area contributed by atoms with E-state index in [1.807, 2.05) is 6.07 Å². The van der Waals surface area contributed by atoms with Crippen LogP contribution in [0.15, 0.2) is 35.3 Å². The maximum absolute atomic E-state index is 5.84. The number of nitrogens with two attached hydrogens (primary N) is 1. The van der Waals surface area contributed by atoms with Crippen molar-refractivity contribution in [1.29, 1.82) is 0 Å². The third-order valence-corrected chi connectivity index (χ3v) is 3.04. The maximum Gasteiger partial charge on any atom is 0.188 e. The molecule has 0 radical (unpaired) electrons. The van der Waals surface area contributed by atoms with E-state index in [1.165, 1.54) is 5.56 Å². The first-order chi connectivity index (χ1) is 8.56. The summed E-state index contributed by atoms with van der Waals surface area (Å²) < 4.78 is 0. The smallest absolute Gasteiger partial charge is 0.188 e. The van der Waals surface area contributed by atoms with E-state index < -0.39 is 0 Å². The van der Waals surface area contributed by atoms with Gasteiger partial charge in [-0.2, -0.15) is 0 Å². The van der Waals surface area contributed by atoms with Crippen LogP contribution in [-0.2, 0) is 5.41 Å². The Morgan fingerprint density at radius 3 is 2.56 bits per heavy atom. The highest BCUT2D eigenvalue weighted by molar-refractivity contribution is 5.77. The van der Waals surface area contributed by atoms with Gasteiger partial charge in [0.25, 0.3) is 0 Å². The SMILES string of the molecule is CCCCNC(N)=NCC(C)(C)c1ccccc1. The third kappa shape index (κ3) is 4.78. The molecule has 3 N–H and O–H groups in total. The van der Waals surface area contributed by atoms with Crippen LogP contribution in [0, 0.1) is 0 Å². The van der Waals surface area contributed by atoms with Gasteiger partial charge in [-0.05, 0) is 12.0 Å². The molecule has 100 valence electrons. The highest BCUT2D eigenvalue weighted by atomic mass is 15.1. The van der Waals surface area contributed by atoms with E-state index in [0.29, 0.717) is 12.5 Å². The number of rotatable bonds is 6. The first kappa shape index (κ1) is 14.6. The minimum atomic E-state index is 0.0122. The molecule has 0 saturated heterocycles. The fourth-order valence-corrected chi connectivity index (χ4v) is 1.71. The molecule has 0 atom stereocenters. The van der Waals surface area contributed by atoms with Gasteiger partial charge in [0.05, 0.1) is 6.54 Å². The van der Waals surface area contributed by atoms with Crippen molar-refractivity contribution in [3.05, 3.63) is 35.9 Å². The van der Waals surface area contributed by atoms with E-state index >= 15 is 0 Å². The molecule has 3 heteroatoms. The van der Waals surface area contributed by atoms with Crippen LogP contribution >= 0.6 is 0 Å². The molecule has 0 amide bonds. The summed E-state index contributed by atoms with van der Waals surface area (Å²) in [6, 6.07) is 10.4. The number of aliphatic imine (C=N–C) groups is 1. The van der Waals surface area contributed by atoms with E-state index in [1.54, 1.807) is 0 Å². The van der Waals surface area contributed by atoms with Gasteiger partial charge >= 0.3 is 0 Å². The van der Waals surface area contributed by atoms with Crippen LogP contribution in [0.5, 0.6) is 0 Å². The van der Waals surface area contributed by atoms with Crippen LogP contribution < -0.4 is 11.1 Å². The van der Waals surface area contributed by atoms with Crippen molar-refractivity contribution < 1.29 is 0 Å². The highest BCUT2D eigenvalue weighted by Gasteiger charge is 2.19. The Labute approximate surface area is 111 Å². The summed E-state index contributed by atoms with van der Waals surface area (Å²) in [7, 11) is 0. The van der Waals surface area contributed by atoms with Crippen molar-refractivity contribution in [3.63, 3.8) is 0 Å². The lowest BCUT2D eigenvalue weighted by Gasteiger charge is -2.23. The number of guanidine groups is 1. The lowest BCUT2D eigenvalue weighted by atomic mass is 9.85. The number of benzene rings is 1. The molecule has 0 bridgehead atoms. The van der Waals surface area contributed by atoms with Crippen molar-refractivity contribution in [2.45, 2.75) is 39.0 Å². The van der Waals surface area contributed by atoms with Crippen LogP contribution in [0.1, 0.15) is 39.2 Å². The average Bonchev–Trinajstić information content (AvgIpc) is 2.38. The molecule has 1 rings (SSSR count). The second-order valence-electron chi connectivity index (χ2n) is 5.23. The van der Waals surface area contributed by atoms with Gasteiger partial charge in [-0.25, -0.2) is 0 Å². The Bertz CT molecular complexity index is 369. The second-order valence-corrected chi connectivity index (χ2v) is 5.23. The van der Waals surface area contributed by atoms with Crippen molar-refractivity contribution >= 4 is 5.96 Å². The number of nitrogens with one attached hydrogen (secondary N) is 1. The van der Waals surface area contributed by atoms with Gasteiger partial charge in [-0.3, -0.25) is 4.99 Å². The summed E-state index contributed by atoms with van der Waals surface area (Å²) in [4.78, 5) is 4.43. The largest absolute Gasteiger partial charge is 0.370 e. The van der Waals surface area contributed by atoms with Crippen LogP contribution in [0.4, 0.5) is 0 Å². The zero-order valence-corrected chi connectivity index (χ0v) is 11.7. The number of unbranched alkanes of at least 4 members (excludes halogenated alkanes) is 1. The zero-order valence-electron chi connectivity index (χ0n) is 11.7. The lowest BCUT2D eigenvalue weighted by Crippen LogP contribution is -2.34. The van der Waals surface area contributed by atoms with Crippen LogP contribution in [0.25, 0.3) is 0 Å². The summed E-state index contributed by atoms with van der Waals surface area (Å²) in [6.07, 6.45) is 2.29. The van der Waals surface area contributed by atoms with Crippen molar-refractivity contribution in [3.8, 4) is 0 Å². The van der Waals surface area contributed by atoms with Crippen LogP contribution in [0.3, 0.4) is 0 Å². The van der Waals surface area contributed by atoms with E-state index in [4.69, 9.17) is 5.73 Å². The molecule has 0 aliphatic carbocycles. The fourth-order valence-electron chi connectivity index (χ4n) is 1.71. The third-order valence-electron chi connectivity index (χ3n) is 3.04. The molecule has 0 spiro atoms. The summed E-state index contributed by atoms with van der Waals surface area (Å²) in [6.45, 7) is 8.13. The van der Waals surface area contributed by atoms with Gasteiger partial charge in [-0.1, -0.05) is 57.5 Å². The average molecular weight is 247 g/mol. The molecule has 0 aliphatic heterocycles. The molecule has 0 heterocycles. The second kappa shape index (κ2) is 7.04. The molecular formula is C15H25N3. The molecule has 18 heavy (non-hydrogen) atoms. The molecule has 3 nitrogen and oxygen atoms in total. The van der Waals surface area contributed by atoms with Gasteiger partial charge in [0.15, 0.2) is 5.96 Å². The topological polar surface area (TPSA) is 50.4 Å². The highest BCUT2D eigenvalue weighted by Crippen LogP contribution is 2.22. The van der Waals surface area contributed by atoms with Crippen molar-refractivity contribution in [2.75, 3.05) is 13.1 Å². The van der Waals surface area contributed by atoms with Gasteiger partial charge in [0.1, 0.15) is 0 Å². The number of hydrogen-bond donors (Lipinski definition) is 2. The van der Waals surface area contributed by atoms with Gasteiger partial charge in [0, 0.05) is 12.0 Å². The minimum Gasteiger partial charge on any atom is -0.370 e. The molecule has 0 aromatic heterocycles. The van der Waals surface area contributed by atoms with E-state index in [9.17, 15) is 0 Å². The van der Waals surface area contributed by atoms with Crippen LogP contribution in [-0.4, -0.2) is 19.0 Å². The normalized spacial score (nSPS) is 12.5. The van der Waals surface area contributed by atoms with E-state index in [-0.39, 0.29) is 5.41 Å². The van der Waals surface area contributed by atoms with E-state index in [0.717, 1.165) is 19.4 Å². The van der Waals surface area contributed by atoms with E-state index in [2.05, 4.69) is 55.3 Å². The predicted molar refractivity (Wildman–Crippen MR) is 78.9 cm³/mol. The number of hydrogen-bond acceptors (Lipinski definition) is 1. The minimum absolute atomic E-state index is 0.0122. The fraction of sp³-hybridized carbons (Fsp3) is 0.533. The Morgan fingerprint density at radius 1 is 1.28 bits per heavy atom. The summed E-state index contributed by atoms with van der Waals surface area (Å²) >= 11 is 0. The Morgan fingerprint density at radius 2 is 1.94 bits per heavy atom. The van der Waals surface area contributed by atoms with Crippen molar-refractivity contribution in [1.82, 2.24) is 5.32 Å². The summed E-state index contributed by atoms with van der Waals surface area (Å²) in [5, 5.41) is 3.14. The maximum atomic E-state index is 5.84. The Balaban J connectivity index is 2.53. The first-order valence-electron chi connectivity index (χ1n) is 6.65. The summed E-state index contributed by atoms with van der Waals surface area (Å²) in [5.41, 5.74) is 7.14. The Hall–Kier alpha value is -1.51. The molecule has 1 aromatic rings. The zero-order chi connectivity index (χ0) is 13.4. The molecule has 0 fully saturated rings. The first-order valence-corrected chi connectivity index (χ1v) is 6.65. The van der Waals surface area contributed by atoms with Crippen molar-refractivity contribution in [2.24, 2.45) is 10.7 Å². The monoisotopic (exact) mass is 247 g/mol. The molecule has 0 aliphatic rings. The van der Waals surface area contributed by atoms with Crippen LogP contribution in [0.2, 0.25) is 0 Å². The molecule has 0 saturated carbocycles. The molecule has 0 unspecified atom stereocenters. The number of nitrogens with zero attached hydrogens (tertiary/aromatic N) is 1. The summed E-state index contributed by atoms with van der Waals surface area (Å²) in [5.74, 6) is 0.549. The van der Waals surface area contributed by atoms with Gasteiger partial charge < -0.3 is 11.1 Å². The molecule has 1 aromatic carbocycles.